The van der Waals surface area contributed by atoms with Gasteiger partial charge >= 0.3 is 18.9 Å². The number of fused-ring (bicyclic) bond motifs is 1. The normalized spacial score (nSPS) is 12.5. The minimum Gasteiger partial charge on any atom is -0.406 e. The number of alkyl halides is 9. The summed E-state index contributed by atoms with van der Waals surface area (Å²) in [5.41, 5.74) is -0.514. The van der Waals surface area contributed by atoms with Gasteiger partial charge in [0.1, 0.15) is 11.5 Å². The summed E-state index contributed by atoms with van der Waals surface area (Å²) >= 11 is 0. The van der Waals surface area contributed by atoms with E-state index in [0.717, 1.165) is 24.3 Å². The molecule has 0 radical (unpaired) electrons. The van der Waals surface area contributed by atoms with Crippen molar-refractivity contribution in [3.63, 3.8) is 0 Å². The predicted molar refractivity (Wildman–Crippen MR) is 110 cm³/mol. The first-order valence-corrected chi connectivity index (χ1v) is 9.75. The SMILES string of the molecule is FC(F)(F)Oc1ccc(Nc2nc3nc(C(F)(F)F)[nH]c3nc2Nc2ccc(OC(F)(F)F)cc2)cc1. The second kappa shape index (κ2) is 9.21. The van der Waals surface area contributed by atoms with Gasteiger partial charge < -0.3 is 25.1 Å². The third-order valence-electron chi connectivity index (χ3n) is 4.30. The fourth-order valence-corrected chi connectivity index (χ4v) is 2.90. The summed E-state index contributed by atoms with van der Waals surface area (Å²) in [7, 11) is 0. The molecule has 37 heavy (non-hydrogen) atoms. The number of nitrogens with zero attached hydrogens (tertiary/aromatic N) is 3. The maximum absolute atomic E-state index is 13.1. The van der Waals surface area contributed by atoms with Crippen LogP contribution in [0, 0.1) is 0 Å². The number of hydrogen-bond acceptors (Lipinski definition) is 7. The molecule has 17 heteroatoms. The van der Waals surface area contributed by atoms with Crippen LogP contribution in [0.3, 0.4) is 0 Å². The number of aromatic amines is 1. The Bertz CT molecular complexity index is 1280. The summed E-state index contributed by atoms with van der Waals surface area (Å²) in [6.07, 6.45) is -14.7. The first-order valence-electron chi connectivity index (χ1n) is 9.75. The number of nitrogens with one attached hydrogen (secondary N) is 3. The van der Waals surface area contributed by atoms with Gasteiger partial charge in [-0.25, -0.2) is 15.0 Å². The van der Waals surface area contributed by atoms with Crippen molar-refractivity contribution in [2.75, 3.05) is 10.6 Å². The highest BCUT2D eigenvalue weighted by Gasteiger charge is 2.36. The van der Waals surface area contributed by atoms with Crippen LogP contribution in [0.2, 0.25) is 0 Å². The third-order valence-corrected chi connectivity index (χ3v) is 4.30. The third kappa shape index (κ3) is 6.83. The summed E-state index contributed by atoms with van der Waals surface area (Å²) in [4.78, 5) is 13.3. The molecule has 2 aromatic heterocycles. The Morgan fingerprint density at radius 2 is 1.03 bits per heavy atom. The lowest BCUT2D eigenvalue weighted by Crippen LogP contribution is -2.17. The quantitative estimate of drug-likeness (QED) is 0.237. The molecule has 4 rings (SSSR count). The van der Waals surface area contributed by atoms with Crippen molar-refractivity contribution in [2.24, 2.45) is 0 Å². The predicted octanol–water partition coefficient (Wildman–Crippen LogP) is 6.66. The van der Waals surface area contributed by atoms with Crippen molar-refractivity contribution < 1.29 is 49.0 Å². The van der Waals surface area contributed by atoms with E-state index in [4.69, 9.17) is 0 Å². The van der Waals surface area contributed by atoms with Crippen LogP contribution >= 0.6 is 0 Å². The van der Waals surface area contributed by atoms with Gasteiger partial charge in [-0.1, -0.05) is 0 Å². The lowest BCUT2D eigenvalue weighted by atomic mass is 10.3. The van der Waals surface area contributed by atoms with Gasteiger partial charge in [-0.15, -0.1) is 26.3 Å². The van der Waals surface area contributed by atoms with Crippen molar-refractivity contribution in [2.45, 2.75) is 18.9 Å². The second-order valence-electron chi connectivity index (χ2n) is 7.07. The molecular formula is C20H11F9N6O2. The van der Waals surface area contributed by atoms with Crippen molar-refractivity contribution in [1.29, 1.82) is 0 Å². The molecule has 0 aliphatic heterocycles. The van der Waals surface area contributed by atoms with Gasteiger partial charge in [-0.05, 0) is 48.5 Å². The van der Waals surface area contributed by atoms with E-state index >= 15 is 0 Å². The van der Waals surface area contributed by atoms with Crippen LogP contribution in [0.15, 0.2) is 48.5 Å². The number of anilines is 4. The van der Waals surface area contributed by atoms with Crippen LogP contribution in [0.5, 0.6) is 11.5 Å². The number of halogens is 9. The maximum Gasteiger partial charge on any atom is 0.573 e. The van der Waals surface area contributed by atoms with E-state index in [-0.39, 0.29) is 28.7 Å². The molecule has 0 amide bonds. The van der Waals surface area contributed by atoms with E-state index in [1.807, 2.05) is 4.98 Å². The Morgan fingerprint density at radius 3 is 1.43 bits per heavy atom. The first-order chi connectivity index (χ1) is 17.1. The van der Waals surface area contributed by atoms with E-state index in [0.29, 0.717) is 0 Å². The zero-order chi connectivity index (χ0) is 27.0. The number of hydrogen-bond donors (Lipinski definition) is 3. The molecule has 0 saturated carbocycles. The summed E-state index contributed by atoms with van der Waals surface area (Å²) in [5.74, 6) is -2.82. The lowest BCUT2D eigenvalue weighted by Gasteiger charge is -2.14. The molecule has 0 aliphatic rings. The molecule has 0 atom stereocenters. The Kier molecular flexibility index (Phi) is 6.39. The fraction of sp³-hybridized carbons (Fsp3) is 0.150. The second-order valence-corrected chi connectivity index (χ2v) is 7.07. The Balaban J connectivity index is 1.66. The van der Waals surface area contributed by atoms with Crippen molar-refractivity contribution in [3.05, 3.63) is 54.4 Å². The summed E-state index contributed by atoms with van der Waals surface area (Å²) < 4.78 is 121. The highest BCUT2D eigenvalue weighted by molar-refractivity contribution is 5.80. The molecule has 0 bridgehead atoms. The topological polar surface area (TPSA) is 97.0 Å². The van der Waals surface area contributed by atoms with Crippen molar-refractivity contribution in [3.8, 4) is 11.5 Å². The van der Waals surface area contributed by atoms with Crippen LogP contribution in [0.1, 0.15) is 5.82 Å². The van der Waals surface area contributed by atoms with Gasteiger partial charge in [0.25, 0.3) is 0 Å². The molecule has 0 aliphatic carbocycles. The minimum atomic E-state index is -4.92. The number of benzene rings is 2. The number of ether oxygens (including phenoxy) is 2. The molecule has 0 spiro atoms. The first kappa shape index (κ1) is 25.6. The standard InChI is InChI=1S/C20H11F9N6O2/c21-18(22,23)17-34-15-16(35-17)33-14(31-10-3-7-12(8-4-10)37-20(27,28)29)13(32-15)30-9-1-5-11(6-2-9)36-19(24,25)26/h1-8H,(H3,30,31,32,33,34,35). The molecule has 196 valence electrons. The van der Waals surface area contributed by atoms with E-state index in [1.54, 1.807) is 0 Å². The number of imidazole rings is 1. The Morgan fingerprint density at radius 1 is 0.595 bits per heavy atom. The van der Waals surface area contributed by atoms with Crippen LogP contribution in [-0.2, 0) is 6.18 Å². The van der Waals surface area contributed by atoms with Crippen LogP contribution < -0.4 is 20.1 Å². The molecule has 2 heterocycles. The molecule has 3 N–H and O–H groups in total. The largest absolute Gasteiger partial charge is 0.573 e. The van der Waals surface area contributed by atoms with Crippen LogP contribution in [-0.4, -0.2) is 32.7 Å². The van der Waals surface area contributed by atoms with Crippen LogP contribution in [0.4, 0.5) is 62.5 Å². The smallest absolute Gasteiger partial charge is 0.406 e. The Hall–Kier alpha value is -4.44. The summed E-state index contributed by atoms with van der Waals surface area (Å²) in [6.45, 7) is 0. The van der Waals surface area contributed by atoms with Crippen LogP contribution in [0.25, 0.3) is 11.3 Å². The van der Waals surface area contributed by atoms with Gasteiger partial charge in [-0.2, -0.15) is 13.2 Å². The van der Waals surface area contributed by atoms with Gasteiger partial charge in [0.15, 0.2) is 22.9 Å². The molecule has 0 unspecified atom stereocenters. The minimum absolute atomic E-state index is 0.145. The average molecular weight is 538 g/mol. The molecule has 8 nitrogen and oxygen atoms in total. The summed E-state index contributed by atoms with van der Waals surface area (Å²) in [5, 5.41) is 5.37. The monoisotopic (exact) mass is 538 g/mol. The van der Waals surface area contributed by atoms with Gasteiger partial charge in [0.05, 0.1) is 0 Å². The number of H-pyrrole nitrogens is 1. The summed E-state index contributed by atoms with van der Waals surface area (Å²) in [6, 6.07) is 8.60. The lowest BCUT2D eigenvalue weighted by molar-refractivity contribution is -0.275. The van der Waals surface area contributed by atoms with Gasteiger partial charge in [-0.3, -0.25) is 0 Å². The van der Waals surface area contributed by atoms with Gasteiger partial charge in [0, 0.05) is 11.4 Å². The highest BCUT2D eigenvalue weighted by Crippen LogP contribution is 2.32. The molecule has 0 fully saturated rings. The van der Waals surface area contributed by atoms with E-state index in [9.17, 15) is 39.5 Å². The number of aromatic nitrogens is 4. The Labute approximate surface area is 199 Å². The number of rotatable bonds is 6. The molecule has 4 aromatic rings. The zero-order valence-electron chi connectivity index (χ0n) is 17.7. The van der Waals surface area contributed by atoms with Crippen molar-refractivity contribution >= 4 is 34.3 Å². The van der Waals surface area contributed by atoms with E-state index < -0.39 is 41.9 Å². The van der Waals surface area contributed by atoms with Crippen molar-refractivity contribution in [1.82, 2.24) is 19.9 Å². The highest BCUT2D eigenvalue weighted by atomic mass is 19.4. The van der Waals surface area contributed by atoms with E-state index in [2.05, 4.69) is 35.1 Å². The maximum atomic E-state index is 13.1. The van der Waals surface area contributed by atoms with Gasteiger partial charge in [0.2, 0.25) is 5.82 Å². The fourth-order valence-electron chi connectivity index (χ4n) is 2.90. The van der Waals surface area contributed by atoms with E-state index in [1.165, 1.54) is 24.3 Å². The molecule has 0 saturated heterocycles. The average Bonchev–Trinajstić information content (AvgIpc) is 3.18. The zero-order valence-corrected chi connectivity index (χ0v) is 17.7. The molecule has 2 aromatic carbocycles. The molecular weight excluding hydrogens is 527 g/mol.